The van der Waals surface area contributed by atoms with E-state index in [-0.39, 0.29) is 13.0 Å². The van der Waals surface area contributed by atoms with E-state index in [1.807, 2.05) is 6.92 Å². The molecule has 1 N–H and O–H groups in total. The Hall–Kier alpha value is -1.63. The third kappa shape index (κ3) is 4.98. The number of nitrogens with zero attached hydrogens (tertiary/aromatic N) is 1. The summed E-state index contributed by atoms with van der Waals surface area (Å²) in [7, 11) is 0. The van der Waals surface area contributed by atoms with Crippen molar-refractivity contribution in [1.82, 2.24) is 0 Å². The fraction of sp³-hybridized carbons (Fsp3) is 0.600. The Kier molecular flexibility index (Phi) is 6.80. The molecule has 1 rings (SSSR count). The van der Waals surface area contributed by atoms with Crippen molar-refractivity contribution in [2.75, 3.05) is 13.2 Å². The highest BCUT2D eigenvalue weighted by molar-refractivity contribution is 6.04. The summed E-state index contributed by atoms with van der Waals surface area (Å²) in [5.41, 5.74) is -1.35. The molecule has 1 heterocycles. The van der Waals surface area contributed by atoms with Crippen LogP contribution in [0.15, 0.2) is 28.5 Å². The Morgan fingerprint density at radius 3 is 2.77 bits per heavy atom. The second-order valence-corrected chi connectivity index (χ2v) is 4.98. The lowest BCUT2D eigenvalue weighted by Crippen LogP contribution is -2.30. The zero-order valence-electron chi connectivity index (χ0n) is 12.6. The molecular weight excluding hydrogens is 299 g/mol. The minimum Gasteiger partial charge on any atom is -0.486 e. The largest absolute Gasteiger partial charge is 0.486 e. The van der Waals surface area contributed by atoms with Crippen LogP contribution in [0.2, 0.25) is 0 Å². The number of aliphatic hydroxyl groups is 1. The van der Waals surface area contributed by atoms with Gasteiger partial charge >= 0.3 is 6.18 Å². The van der Waals surface area contributed by atoms with Gasteiger partial charge in [0.25, 0.3) is 0 Å². The van der Waals surface area contributed by atoms with Crippen molar-refractivity contribution >= 4 is 12.0 Å². The molecule has 2 atom stereocenters. The number of hydrogen-bond donors (Lipinski definition) is 1. The molecule has 0 aliphatic carbocycles. The molecule has 4 nitrogen and oxygen atoms in total. The van der Waals surface area contributed by atoms with Crippen LogP contribution in [-0.4, -0.2) is 42.5 Å². The highest BCUT2D eigenvalue weighted by atomic mass is 19.4. The van der Waals surface area contributed by atoms with Gasteiger partial charge in [-0.3, -0.25) is 9.79 Å². The highest BCUT2D eigenvalue weighted by Gasteiger charge is 2.44. The van der Waals surface area contributed by atoms with E-state index in [2.05, 4.69) is 4.99 Å². The lowest BCUT2D eigenvalue weighted by molar-refractivity contribution is -0.132. The fourth-order valence-corrected chi connectivity index (χ4v) is 1.97. The number of aliphatic hydroxyl groups excluding tert-OH is 1. The van der Waals surface area contributed by atoms with Crippen LogP contribution >= 0.6 is 0 Å². The molecular formula is C15H20F3NO3. The molecule has 0 aromatic carbocycles. The van der Waals surface area contributed by atoms with Crippen LogP contribution in [0.25, 0.3) is 0 Å². The third-order valence-corrected chi connectivity index (χ3v) is 3.08. The number of alkyl halides is 3. The predicted octanol–water partition coefficient (Wildman–Crippen LogP) is 2.83. The Balaban J connectivity index is 3.30. The second-order valence-electron chi connectivity index (χ2n) is 4.98. The molecule has 0 aromatic rings. The maximum atomic E-state index is 13.3. The summed E-state index contributed by atoms with van der Waals surface area (Å²) in [6.07, 6.45) is -0.788. The maximum Gasteiger partial charge on any atom is 0.423 e. The number of ketones is 1. The number of ether oxygens (including phenoxy) is 1. The van der Waals surface area contributed by atoms with E-state index in [0.29, 0.717) is 6.42 Å². The van der Waals surface area contributed by atoms with Gasteiger partial charge in [0.1, 0.15) is 11.7 Å². The second kappa shape index (κ2) is 8.12. The average molecular weight is 319 g/mol. The van der Waals surface area contributed by atoms with Crippen LogP contribution in [0.1, 0.15) is 26.7 Å². The van der Waals surface area contributed by atoms with E-state index < -0.39 is 41.9 Å². The van der Waals surface area contributed by atoms with E-state index in [4.69, 9.17) is 9.84 Å². The molecule has 1 aliphatic rings. The van der Waals surface area contributed by atoms with E-state index >= 15 is 0 Å². The van der Waals surface area contributed by atoms with Crippen LogP contribution in [0, 0.1) is 5.92 Å². The smallest absolute Gasteiger partial charge is 0.423 e. The average Bonchev–Trinajstić information content (AvgIpc) is 2.42. The molecule has 0 amide bonds. The van der Waals surface area contributed by atoms with Gasteiger partial charge in [-0.05, 0) is 19.8 Å². The minimum absolute atomic E-state index is 0.217. The predicted molar refractivity (Wildman–Crippen MR) is 76.6 cm³/mol. The van der Waals surface area contributed by atoms with Crippen LogP contribution in [0.4, 0.5) is 13.2 Å². The van der Waals surface area contributed by atoms with Gasteiger partial charge in [-0.25, -0.2) is 0 Å². The van der Waals surface area contributed by atoms with Gasteiger partial charge in [0, 0.05) is 12.5 Å². The van der Waals surface area contributed by atoms with Gasteiger partial charge < -0.3 is 9.84 Å². The molecule has 1 aliphatic heterocycles. The van der Waals surface area contributed by atoms with E-state index in [1.54, 1.807) is 6.08 Å². The molecule has 0 bridgehead atoms. The number of carbonyl (C=O) groups excluding carboxylic acids is 1. The zero-order valence-corrected chi connectivity index (χ0v) is 12.6. The Labute approximate surface area is 127 Å². The summed E-state index contributed by atoms with van der Waals surface area (Å²) >= 11 is 0. The topological polar surface area (TPSA) is 58.9 Å². The number of carbonyl (C=O) groups is 1. The van der Waals surface area contributed by atoms with Gasteiger partial charge in [-0.15, -0.1) is 0 Å². The number of hydrogen-bond acceptors (Lipinski definition) is 4. The van der Waals surface area contributed by atoms with Crippen molar-refractivity contribution < 1.29 is 27.8 Å². The molecule has 0 saturated heterocycles. The van der Waals surface area contributed by atoms with Gasteiger partial charge in [0.2, 0.25) is 0 Å². The number of rotatable bonds is 5. The minimum atomic E-state index is -4.84. The molecule has 0 radical (unpaired) electrons. The highest BCUT2D eigenvalue weighted by Crippen LogP contribution is 2.33. The Morgan fingerprint density at radius 1 is 1.55 bits per heavy atom. The van der Waals surface area contributed by atoms with E-state index in [9.17, 15) is 18.0 Å². The lowest BCUT2D eigenvalue weighted by Gasteiger charge is -2.22. The first-order chi connectivity index (χ1) is 10.3. The van der Waals surface area contributed by atoms with Crippen LogP contribution < -0.4 is 0 Å². The summed E-state index contributed by atoms with van der Waals surface area (Å²) < 4.78 is 44.9. The van der Waals surface area contributed by atoms with Crippen LogP contribution in [-0.2, 0) is 9.53 Å². The lowest BCUT2D eigenvalue weighted by atomic mass is 9.92. The molecule has 0 spiro atoms. The van der Waals surface area contributed by atoms with Crippen molar-refractivity contribution in [2.45, 2.75) is 39.0 Å². The normalized spacial score (nSPS) is 26.6. The van der Waals surface area contributed by atoms with E-state index in [1.165, 1.54) is 13.0 Å². The van der Waals surface area contributed by atoms with E-state index in [0.717, 1.165) is 6.21 Å². The fourth-order valence-electron chi connectivity index (χ4n) is 1.97. The molecule has 124 valence electrons. The number of Topliss-reactive ketones (excluding diaryl/α,β-unsaturated/α-hetero) is 1. The maximum absolute atomic E-state index is 13.3. The van der Waals surface area contributed by atoms with Gasteiger partial charge in [0.05, 0.1) is 12.8 Å². The molecule has 0 aromatic heterocycles. The summed E-state index contributed by atoms with van der Waals surface area (Å²) in [4.78, 5) is 16.2. The molecule has 7 heteroatoms. The number of halogens is 3. The first kappa shape index (κ1) is 18.4. The SMILES string of the molecule is CC/C=C/C1CC/N=C\C(O[C@H](C)CO)=C(\C(F)(F)F)C1=O. The van der Waals surface area contributed by atoms with Crippen molar-refractivity contribution in [3.8, 4) is 0 Å². The van der Waals surface area contributed by atoms with Gasteiger partial charge in [0.15, 0.2) is 11.5 Å². The summed E-state index contributed by atoms with van der Waals surface area (Å²) in [6.45, 7) is 3.01. The Morgan fingerprint density at radius 2 is 2.23 bits per heavy atom. The monoisotopic (exact) mass is 319 g/mol. The Bertz CT molecular complexity index is 481. The first-order valence-electron chi connectivity index (χ1n) is 7.10. The van der Waals surface area contributed by atoms with Crippen LogP contribution in [0.5, 0.6) is 0 Å². The van der Waals surface area contributed by atoms with Crippen LogP contribution in [0.3, 0.4) is 0 Å². The molecule has 22 heavy (non-hydrogen) atoms. The third-order valence-electron chi connectivity index (χ3n) is 3.08. The summed E-state index contributed by atoms with van der Waals surface area (Å²) in [6, 6.07) is 0. The zero-order chi connectivity index (χ0) is 16.8. The standard InChI is InChI=1S/C15H20F3NO3/c1-3-4-5-11-6-7-19-8-12(22-10(2)9-20)13(14(11)21)15(16,17)18/h4-5,8,10-11,20H,3,6-7,9H2,1-2H3/b5-4+,13-12-,19-8-/t10-,11?/m1/s1. The summed E-state index contributed by atoms with van der Waals surface area (Å²) in [5, 5.41) is 8.94. The summed E-state index contributed by atoms with van der Waals surface area (Å²) in [5.74, 6) is -2.53. The number of aliphatic imine (C=N–C) groups is 1. The molecule has 0 saturated carbocycles. The van der Waals surface area contributed by atoms with Gasteiger partial charge in [-0.2, -0.15) is 13.2 Å². The quantitative estimate of drug-likeness (QED) is 0.793. The van der Waals surface area contributed by atoms with Gasteiger partial charge in [-0.1, -0.05) is 19.1 Å². The van der Waals surface area contributed by atoms with Crippen molar-refractivity contribution in [3.05, 3.63) is 23.5 Å². The molecule has 1 unspecified atom stereocenters. The molecule has 0 fully saturated rings. The first-order valence-corrected chi connectivity index (χ1v) is 7.10. The van der Waals surface area contributed by atoms with Crippen molar-refractivity contribution in [1.29, 1.82) is 0 Å². The number of allylic oxidation sites excluding steroid dienone is 4. The van der Waals surface area contributed by atoms with Crippen molar-refractivity contribution in [3.63, 3.8) is 0 Å². The van der Waals surface area contributed by atoms with Crippen molar-refractivity contribution in [2.24, 2.45) is 10.9 Å².